The van der Waals surface area contributed by atoms with E-state index in [1.807, 2.05) is 4.90 Å². The monoisotopic (exact) mass is 277 g/mol. The fourth-order valence-corrected chi connectivity index (χ4v) is 2.87. The molecule has 2 N–H and O–H groups in total. The minimum atomic E-state index is -0.0181. The molecule has 0 unspecified atom stereocenters. The lowest BCUT2D eigenvalue weighted by molar-refractivity contribution is 0.0585. The van der Waals surface area contributed by atoms with Crippen molar-refractivity contribution in [3.8, 4) is 0 Å². The van der Waals surface area contributed by atoms with E-state index >= 15 is 0 Å². The Balaban J connectivity index is 2.12. The molecule has 0 bridgehead atoms. The molecule has 0 atom stereocenters. The van der Waals surface area contributed by atoms with Crippen LogP contribution in [-0.4, -0.2) is 40.2 Å². The topological polar surface area (TPSA) is 60.8 Å². The maximum Gasteiger partial charge on any atom is 0.254 e. The molecular weight excluding hydrogens is 254 g/mol. The molecule has 4 heteroatoms. The summed E-state index contributed by atoms with van der Waals surface area (Å²) in [6.45, 7) is 0.375. The molecule has 1 aromatic carbocycles. The lowest BCUT2D eigenvalue weighted by Crippen LogP contribution is -2.43. The normalized spacial score (nSPS) is 16.1. The van der Waals surface area contributed by atoms with Gasteiger partial charge in [-0.05, 0) is 30.5 Å². The standard InChI is InChI=1S/C16H23NO3/c18-11-10-17(15-4-2-1-3-5-15)16(20)14-8-6-13(12-19)7-9-14/h6-9,15,18-19H,1-5,10-12H2. The first-order valence-electron chi connectivity index (χ1n) is 7.38. The minimum absolute atomic E-state index is 0.00301. The summed E-state index contributed by atoms with van der Waals surface area (Å²) in [7, 11) is 0. The van der Waals surface area contributed by atoms with Gasteiger partial charge in [-0.3, -0.25) is 4.79 Å². The van der Waals surface area contributed by atoms with Crippen LogP contribution in [0.4, 0.5) is 0 Å². The molecule has 1 fully saturated rings. The fraction of sp³-hybridized carbons (Fsp3) is 0.562. The Morgan fingerprint density at radius 2 is 1.75 bits per heavy atom. The molecule has 0 radical (unpaired) electrons. The average Bonchev–Trinajstić information content (AvgIpc) is 2.53. The molecule has 0 aliphatic heterocycles. The number of aliphatic hydroxyl groups excluding tert-OH is 2. The van der Waals surface area contributed by atoms with Gasteiger partial charge in [0.05, 0.1) is 13.2 Å². The van der Waals surface area contributed by atoms with Crippen LogP contribution in [0.3, 0.4) is 0 Å². The number of carbonyl (C=O) groups is 1. The van der Waals surface area contributed by atoms with Crippen molar-refractivity contribution in [3.63, 3.8) is 0 Å². The van der Waals surface area contributed by atoms with E-state index in [0.717, 1.165) is 31.2 Å². The van der Waals surface area contributed by atoms with Crippen LogP contribution in [0.2, 0.25) is 0 Å². The van der Waals surface area contributed by atoms with Crippen LogP contribution < -0.4 is 0 Å². The molecule has 1 aliphatic rings. The highest BCUT2D eigenvalue weighted by Gasteiger charge is 2.25. The summed E-state index contributed by atoms with van der Waals surface area (Å²) in [5.74, 6) is -0.0181. The highest BCUT2D eigenvalue weighted by molar-refractivity contribution is 5.94. The van der Waals surface area contributed by atoms with Gasteiger partial charge in [0.1, 0.15) is 0 Å². The van der Waals surface area contributed by atoms with Gasteiger partial charge in [0.15, 0.2) is 0 Å². The predicted octanol–water partition coefficient (Wildman–Crippen LogP) is 1.95. The number of amides is 1. The molecule has 0 saturated heterocycles. The van der Waals surface area contributed by atoms with Crippen LogP contribution in [0.1, 0.15) is 48.0 Å². The third kappa shape index (κ3) is 3.58. The molecule has 110 valence electrons. The molecule has 1 aromatic rings. The van der Waals surface area contributed by atoms with Crippen LogP contribution >= 0.6 is 0 Å². The van der Waals surface area contributed by atoms with E-state index in [2.05, 4.69) is 0 Å². The van der Waals surface area contributed by atoms with E-state index in [9.17, 15) is 9.90 Å². The molecule has 1 aliphatic carbocycles. The Bertz CT molecular complexity index is 424. The van der Waals surface area contributed by atoms with Crippen LogP contribution in [0.5, 0.6) is 0 Å². The van der Waals surface area contributed by atoms with E-state index in [0.29, 0.717) is 12.1 Å². The van der Waals surface area contributed by atoms with Crippen molar-refractivity contribution >= 4 is 5.91 Å². The molecule has 0 heterocycles. The average molecular weight is 277 g/mol. The highest BCUT2D eigenvalue weighted by atomic mass is 16.3. The van der Waals surface area contributed by atoms with Crippen LogP contribution in [0.15, 0.2) is 24.3 Å². The van der Waals surface area contributed by atoms with Crippen molar-refractivity contribution in [2.45, 2.75) is 44.8 Å². The van der Waals surface area contributed by atoms with Gasteiger partial charge >= 0.3 is 0 Å². The second-order valence-corrected chi connectivity index (χ2v) is 5.37. The maximum atomic E-state index is 12.6. The molecular formula is C16H23NO3. The zero-order valence-electron chi connectivity index (χ0n) is 11.8. The summed E-state index contributed by atoms with van der Waals surface area (Å²) < 4.78 is 0. The first-order valence-corrected chi connectivity index (χ1v) is 7.38. The van der Waals surface area contributed by atoms with Gasteiger partial charge in [-0.15, -0.1) is 0 Å². The van der Waals surface area contributed by atoms with Crippen molar-refractivity contribution in [1.29, 1.82) is 0 Å². The lowest BCUT2D eigenvalue weighted by atomic mass is 9.93. The number of rotatable bonds is 5. The van der Waals surface area contributed by atoms with E-state index < -0.39 is 0 Å². The van der Waals surface area contributed by atoms with Gasteiger partial charge in [0.25, 0.3) is 5.91 Å². The van der Waals surface area contributed by atoms with E-state index in [1.54, 1.807) is 24.3 Å². The van der Waals surface area contributed by atoms with Gasteiger partial charge in [0.2, 0.25) is 0 Å². The van der Waals surface area contributed by atoms with Gasteiger partial charge in [-0.1, -0.05) is 31.4 Å². The number of hydrogen-bond donors (Lipinski definition) is 2. The lowest BCUT2D eigenvalue weighted by Gasteiger charge is -2.34. The molecule has 1 saturated carbocycles. The smallest absolute Gasteiger partial charge is 0.254 e. The van der Waals surface area contributed by atoms with E-state index in [4.69, 9.17) is 5.11 Å². The van der Waals surface area contributed by atoms with Crippen molar-refractivity contribution in [3.05, 3.63) is 35.4 Å². The number of carbonyl (C=O) groups excluding carboxylic acids is 1. The second kappa shape index (κ2) is 7.41. The second-order valence-electron chi connectivity index (χ2n) is 5.37. The molecule has 1 amide bonds. The van der Waals surface area contributed by atoms with Crippen molar-refractivity contribution in [2.75, 3.05) is 13.2 Å². The van der Waals surface area contributed by atoms with Crippen LogP contribution in [-0.2, 0) is 6.61 Å². The molecule has 2 rings (SSSR count). The largest absolute Gasteiger partial charge is 0.395 e. The summed E-state index contributed by atoms with van der Waals surface area (Å²) >= 11 is 0. The Labute approximate surface area is 120 Å². The summed E-state index contributed by atoms with van der Waals surface area (Å²) in [4.78, 5) is 14.4. The van der Waals surface area contributed by atoms with Crippen molar-refractivity contribution in [2.24, 2.45) is 0 Å². The third-order valence-corrected chi connectivity index (χ3v) is 4.00. The first kappa shape index (κ1) is 15.0. The van der Waals surface area contributed by atoms with E-state index in [1.165, 1.54) is 6.42 Å². The van der Waals surface area contributed by atoms with Gasteiger partial charge in [-0.2, -0.15) is 0 Å². The highest BCUT2D eigenvalue weighted by Crippen LogP contribution is 2.24. The van der Waals surface area contributed by atoms with Crippen LogP contribution in [0, 0.1) is 0 Å². The van der Waals surface area contributed by atoms with Crippen molar-refractivity contribution in [1.82, 2.24) is 4.90 Å². The number of aliphatic hydroxyl groups is 2. The third-order valence-electron chi connectivity index (χ3n) is 4.00. The van der Waals surface area contributed by atoms with Crippen LogP contribution in [0.25, 0.3) is 0 Å². The predicted molar refractivity (Wildman–Crippen MR) is 77.4 cm³/mol. The van der Waals surface area contributed by atoms with Gasteiger partial charge < -0.3 is 15.1 Å². The molecule has 4 nitrogen and oxygen atoms in total. The number of benzene rings is 1. The summed E-state index contributed by atoms with van der Waals surface area (Å²) in [6.07, 6.45) is 5.61. The SMILES string of the molecule is O=C(c1ccc(CO)cc1)N(CCO)C1CCCCC1. The van der Waals surface area contributed by atoms with Crippen molar-refractivity contribution < 1.29 is 15.0 Å². The maximum absolute atomic E-state index is 12.6. The first-order chi connectivity index (χ1) is 9.76. The van der Waals surface area contributed by atoms with Gasteiger partial charge in [0, 0.05) is 18.2 Å². The summed E-state index contributed by atoms with van der Waals surface area (Å²) in [5.41, 5.74) is 1.43. The van der Waals surface area contributed by atoms with Gasteiger partial charge in [-0.25, -0.2) is 0 Å². The molecule has 20 heavy (non-hydrogen) atoms. The number of nitrogens with zero attached hydrogens (tertiary/aromatic N) is 1. The molecule has 0 spiro atoms. The molecule has 0 aromatic heterocycles. The summed E-state index contributed by atoms with van der Waals surface area (Å²) in [6, 6.07) is 7.29. The Kier molecular flexibility index (Phi) is 5.56. The summed E-state index contributed by atoms with van der Waals surface area (Å²) in [5, 5.41) is 18.3. The quantitative estimate of drug-likeness (QED) is 0.864. The zero-order chi connectivity index (χ0) is 14.4. The number of hydrogen-bond acceptors (Lipinski definition) is 3. The Hall–Kier alpha value is -1.39. The Morgan fingerprint density at radius 3 is 2.30 bits per heavy atom. The fourth-order valence-electron chi connectivity index (χ4n) is 2.87. The minimum Gasteiger partial charge on any atom is -0.395 e. The van der Waals surface area contributed by atoms with E-state index in [-0.39, 0.29) is 25.2 Å². The Morgan fingerprint density at radius 1 is 1.10 bits per heavy atom. The zero-order valence-corrected chi connectivity index (χ0v) is 11.8.